The third kappa shape index (κ3) is 2.64. The zero-order chi connectivity index (χ0) is 15.7. The van der Waals surface area contributed by atoms with E-state index in [1.165, 1.54) is 11.1 Å². The maximum atomic E-state index is 12.0. The third-order valence-electron chi connectivity index (χ3n) is 4.49. The number of fused-ring (bicyclic) bond motifs is 1. The molecule has 114 valence electrons. The first kappa shape index (κ1) is 14.8. The van der Waals surface area contributed by atoms with Gasteiger partial charge >= 0.3 is 0 Å². The Kier molecular flexibility index (Phi) is 3.75. The fourth-order valence-corrected chi connectivity index (χ4v) is 2.84. The average Bonchev–Trinajstić information content (AvgIpc) is 2.75. The Balaban J connectivity index is 1.76. The number of benzene rings is 2. The van der Waals surface area contributed by atoms with Gasteiger partial charge in [0.05, 0.1) is 5.41 Å². The molecule has 1 aliphatic rings. The zero-order valence-corrected chi connectivity index (χ0v) is 13.3. The van der Waals surface area contributed by atoms with Crippen molar-refractivity contribution in [3.05, 3.63) is 65.2 Å². The van der Waals surface area contributed by atoms with Crippen LogP contribution >= 0.6 is 0 Å². The molecule has 1 unspecified atom stereocenters. The van der Waals surface area contributed by atoms with Crippen LogP contribution in [0.3, 0.4) is 0 Å². The summed E-state index contributed by atoms with van der Waals surface area (Å²) in [4.78, 5) is 12.0. The highest BCUT2D eigenvalue weighted by Gasteiger charge is 2.38. The van der Waals surface area contributed by atoms with E-state index in [4.69, 9.17) is 0 Å². The summed E-state index contributed by atoms with van der Waals surface area (Å²) in [6, 6.07) is 16.9. The monoisotopic (exact) mass is 294 g/mol. The minimum absolute atomic E-state index is 0.0737. The molecule has 2 aromatic carbocycles. The Labute approximate surface area is 131 Å². The Hall–Kier alpha value is -2.13. The summed E-state index contributed by atoms with van der Waals surface area (Å²) in [5.41, 5.74) is 4.05. The molecule has 0 bridgehead atoms. The molecule has 0 radical (unpaired) electrons. The third-order valence-corrected chi connectivity index (χ3v) is 4.49. The highest BCUT2D eigenvalue weighted by atomic mass is 16.2. The smallest absolute Gasteiger partial charge is 0.234 e. The number of anilines is 1. The van der Waals surface area contributed by atoms with Crippen molar-refractivity contribution in [2.75, 3.05) is 5.32 Å². The highest BCUT2D eigenvalue weighted by molar-refractivity contribution is 6.05. The van der Waals surface area contributed by atoms with Crippen LogP contribution in [0.2, 0.25) is 0 Å². The quantitative estimate of drug-likeness (QED) is 0.901. The summed E-state index contributed by atoms with van der Waals surface area (Å²) < 4.78 is 0. The number of carbonyl (C=O) groups is 1. The van der Waals surface area contributed by atoms with E-state index in [2.05, 4.69) is 54.0 Å². The van der Waals surface area contributed by atoms with E-state index in [1.54, 1.807) is 0 Å². The Morgan fingerprint density at radius 3 is 2.59 bits per heavy atom. The fraction of sp³-hybridized carbons (Fsp3) is 0.316. The van der Waals surface area contributed by atoms with Gasteiger partial charge in [0.1, 0.15) is 0 Å². The zero-order valence-electron chi connectivity index (χ0n) is 13.3. The SMILES string of the molecule is CC(NCc1ccccc1)c1ccc2c(c1)C(C)(C)C(=O)N2. The molecule has 0 fully saturated rings. The maximum Gasteiger partial charge on any atom is 0.234 e. The van der Waals surface area contributed by atoms with Gasteiger partial charge < -0.3 is 10.6 Å². The van der Waals surface area contributed by atoms with E-state index in [0.717, 1.165) is 17.8 Å². The molecule has 2 aromatic rings. The van der Waals surface area contributed by atoms with Crippen LogP contribution in [0.5, 0.6) is 0 Å². The fourth-order valence-electron chi connectivity index (χ4n) is 2.84. The van der Waals surface area contributed by atoms with E-state index in [-0.39, 0.29) is 11.9 Å². The highest BCUT2D eigenvalue weighted by Crippen LogP contribution is 2.38. The van der Waals surface area contributed by atoms with Crippen LogP contribution in [0.25, 0.3) is 0 Å². The van der Waals surface area contributed by atoms with Crippen LogP contribution in [0.15, 0.2) is 48.5 Å². The van der Waals surface area contributed by atoms with Crippen molar-refractivity contribution in [3.8, 4) is 0 Å². The van der Waals surface area contributed by atoms with Crippen molar-refractivity contribution < 1.29 is 4.79 Å². The molecular formula is C19H22N2O. The molecule has 1 atom stereocenters. The number of hydrogen-bond acceptors (Lipinski definition) is 2. The van der Waals surface area contributed by atoms with Crippen molar-refractivity contribution >= 4 is 11.6 Å². The lowest BCUT2D eigenvalue weighted by Crippen LogP contribution is -2.27. The second-order valence-electron chi connectivity index (χ2n) is 6.47. The molecule has 0 aliphatic carbocycles. The lowest BCUT2D eigenvalue weighted by atomic mass is 9.85. The number of amides is 1. The molecule has 0 spiro atoms. The molecule has 1 amide bonds. The summed E-state index contributed by atoms with van der Waals surface area (Å²) in [5, 5.41) is 6.49. The van der Waals surface area contributed by atoms with E-state index in [9.17, 15) is 4.79 Å². The molecule has 3 nitrogen and oxygen atoms in total. The van der Waals surface area contributed by atoms with Gasteiger partial charge in [-0.1, -0.05) is 42.5 Å². The largest absolute Gasteiger partial charge is 0.325 e. The van der Waals surface area contributed by atoms with E-state index >= 15 is 0 Å². The maximum absolute atomic E-state index is 12.0. The van der Waals surface area contributed by atoms with Crippen molar-refractivity contribution in [2.45, 2.75) is 38.8 Å². The predicted octanol–water partition coefficient (Wildman–Crippen LogP) is 3.77. The minimum atomic E-state index is -0.454. The average molecular weight is 294 g/mol. The van der Waals surface area contributed by atoms with Crippen LogP contribution in [0, 0.1) is 0 Å². The molecule has 22 heavy (non-hydrogen) atoms. The molecule has 3 heteroatoms. The Bertz CT molecular complexity index is 692. The van der Waals surface area contributed by atoms with Gasteiger partial charge in [0, 0.05) is 18.3 Å². The molecule has 2 N–H and O–H groups in total. The first-order valence-electron chi connectivity index (χ1n) is 7.71. The molecule has 0 aromatic heterocycles. The Morgan fingerprint density at radius 2 is 1.86 bits per heavy atom. The summed E-state index contributed by atoms with van der Waals surface area (Å²) in [6.07, 6.45) is 0. The van der Waals surface area contributed by atoms with Crippen molar-refractivity contribution in [1.29, 1.82) is 0 Å². The summed E-state index contributed by atoms with van der Waals surface area (Å²) in [6.45, 7) is 6.93. The summed E-state index contributed by atoms with van der Waals surface area (Å²) in [5.74, 6) is 0.0737. The Morgan fingerprint density at radius 1 is 1.14 bits per heavy atom. The number of nitrogens with one attached hydrogen (secondary N) is 2. The van der Waals surface area contributed by atoms with Gasteiger partial charge in [-0.05, 0) is 43.5 Å². The number of carbonyl (C=O) groups excluding carboxylic acids is 1. The topological polar surface area (TPSA) is 41.1 Å². The summed E-state index contributed by atoms with van der Waals surface area (Å²) >= 11 is 0. The van der Waals surface area contributed by atoms with Gasteiger partial charge in [0.25, 0.3) is 0 Å². The van der Waals surface area contributed by atoms with Crippen molar-refractivity contribution in [1.82, 2.24) is 5.32 Å². The summed E-state index contributed by atoms with van der Waals surface area (Å²) in [7, 11) is 0. The van der Waals surface area contributed by atoms with E-state index < -0.39 is 5.41 Å². The van der Waals surface area contributed by atoms with Gasteiger partial charge in [-0.15, -0.1) is 0 Å². The molecule has 0 saturated heterocycles. The lowest BCUT2D eigenvalue weighted by molar-refractivity contribution is -0.119. The lowest BCUT2D eigenvalue weighted by Gasteiger charge is -2.19. The van der Waals surface area contributed by atoms with Gasteiger partial charge in [0.15, 0.2) is 0 Å². The standard InChI is InChI=1S/C19H22N2O/c1-13(20-12-14-7-5-4-6-8-14)15-9-10-17-16(11-15)19(2,3)18(22)21-17/h4-11,13,20H,12H2,1-3H3,(H,21,22). The van der Waals surface area contributed by atoms with Crippen LogP contribution in [-0.4, -0.2) is 5.91 Å². The number of rotatable bonds is 4. The van der Waals surface area contributed by atoms with Crippen molar-refractivity contribution in [2.24, 2.45) is 0 Å². The molecule has 1 aliphatic heterocycles. The first-order chi connectivity index (χ1) is 10.5. The van der Waals surface area contributed by atoms with Gasteiger partial charge in [-0.2, -0.15) is 0 Å². The van der Waals surface area contributed by atoms with E-state index in [0.29, 0.717) is 0 Å². The van der Waals surface area contributed by atoms with Crippen LogP contribution < -0.4 is 10.6 Å². The minimum Gasteiger partial charge on any atom is -0.325 e. The number of hydrogen-bond donors (Lipinski definition) is 2. The normalized spacial score (nSPS) is 17.0. The van der Waals surface area contributed by atoms with Gasteiger partial charge in [-0.3, -0.25) is 4.79 Å². The predicted molar refractivity (Wildman–Crippen MR) is 89.8 cm³/mol. The molecule has 0 saturated carbocycles. The molecule has 3 rings (SSSR count). The molecular weight excluding hydrogens is 272 g/mol. The van der Waals surface area contributed by atoms with E-state index in [1.807, 2.05) is 26.0 Å². The second kappa shape index (κ2) is 5.58. The van der Waals surface area contributed by atoms with Gasteiger partial charge in [-0.25, -0.2) is 0 Å². The van der Waals surface area contributed by atoms with Crippen LogP contribution in [0.4, 0.5) is 5.69 Å². The van der Waals surface area contributed by atoms with Crippen LogP contribution in [-0.2, 0) is 16.8 Å². The van der Waals surface area contributed by atoms with Crippen LogP contribution in [0.1, 0.15) is 43.5 Å². The van der Waals surface area contributed by atoms with Crippen molar-refractivity contribution in [3.63, 3.8) is 0 Å². The molecule has 1 heterocycles. The second-order valence-corrected chi connectivity index (χ2v) is 6.47. The van der Waals surface area contributed by atoms with Gasteiger partial charge in [0.2, 0.25) is 5.91 Å². The first-order valence-corrected chi connectivity index (χ1v) is 7.71.